The molecule has 0 spiro atoms. The first-order valence-corrected chi connectivity index (χ1v) is 11.5. The van der Waals surface area contributed by atoms with Crippen LogP contribution in [-0.2, 0) is 11.8 Å². The van der Waals surface area contributed by atoms with Gasteiger partial charge in [0.1, 0.15) is 17.8 Å². The summed E-state index contributed by atoms with van der Waals surface area (Å²) in [4.78, 5) is 29.4. The van der Waals surface area contributed by atoms with Crippen molar-refractivity contribution in [3.8, 4) is 11.3 Å². The minimum Gasteiger partial charge on any atom is -0.466 e. The Hall–Kier alpha value is -3.44. The molecule has 0 aliphatic rings. The lowest BCUT2D eigenvalue weighted by molar-refractivity contribution is -0.113. The molecular weight excluding hydrogens is 448 g/mol. The molecule has 4 aromatic rings. The molecule has 2 amide bonds. The minimum absolute atomic E-state index is 0.178. The van der Waals surface area contributed by atoms with Gasteiger partial charge in [0.05, 0.1) is 11.4 Å². The molecule has 3 aromatic heterocycles. The molecule has 2 N–H and O–H groups in total. The van der Waals surface area contributed by atoms with Crippen LogP contribution in [0.5, 0.6) is 0 Å². The SMILES string of the molecule is Cc1cc(-c2csc(NC(=O)c3cccc(NC(=O)CSc4nncn4C)c3)n2)c(C)o1. The third kappa shape index (κ3) is 5.06. The number of thiazole rings is 1. The van der Waals surface area contributed by atoms with Crippen LogP contribution in [0.4, 0.5) is 10.8 Å². The van der Waals surface area contributed by atoms with Crippen LogP contribution < -0.4 is 10.6 Å². The number of nitrogens with one attached hydrogen (secondary N) is 2. The second-order valence-corrected chi connectivity index (χ2v) is 8.76. The Balaban J connectivity index is 1.37. The van der Waals surface area contributed by atoms with E-state index in [2.05, 4.69) is 25.8 Å². The Bertz CT molecular complexity index is 1280. The summed E-state index contributed by atoms with van der Waals surface area (Å²) in [6.07, 6.45) is 1.57. The van der Waals surface area contributed by atoms with Gasteiger partial charge in [0.15, 0.2) is 10.3 Å². The van der Waals surface area contributed by atoms with E-state index in [4.69, 9.17) is 4.42 Å². The molecule has 9 nitrogen and oxygen atoms in total. The third-order valence-corrected chi connectivity index (χ3v) is 6.24. The van der Waals surface area contributed by atoms with Crippen LogP contribution in [0.25, 0.3) is 11.3 Å². The summed E-state index contributed by atoms with van der Waals surface area (Å²) in [5.74, 6) is 1.26. The highest BCUT2D eigenvalue weighted by atomic mass is 32.2. The first-order valence-electron chi connectivity index (χ1n) is 9.60. The average Bonchev–Trinajstić information content (AvgIpc) is 3.47. The molecule has 4 rings (SSSR count). The number of aryl methyl sites for hydroxylation is 3. The van der Waals surface area contributed by atoms with Gasteiger partial charge in [-0.25, -0.2) is 4.98 Å². The zero-order valence-corrected chi connectivity index (χ0v) is 19.2. The van der Waals surface area contributed by atoms with Gasteiger partial charge in [-0.3, -0.25) is 14.9 Å². The van der Waals surface area contributed by atoms with Gasteiger partial charge in [0, 0.05) is 29.2 Å². The normalized spacial score (nSPS) is 10.8. The van der Waals surface area contributed by atoms with Crippen molar-refractivity contribution in [3.63, 3.8) is 0 Å². The maximum absolute atomic E-state index is 12.7. The van der Waals surface area contributed by atoms with Gasteiger partial charge in [-0.2, -0.15) is 0 Å². The molecular formula is C21H20N6O3S2. The predicted octanol–water partition coefficient (Wildman–Crippen LogP) is 4.13. The Kier molecular flexibility index (Phi) is 6.37. The molecule has 0 fully saturated rings. The van der Waals surface area contributed by atoms with E-state index >= 15 is 0 Å². The first-order chi connectivity index (χ1) is 15.4. The lowest BCUT2D eigenvalue weighted by atomic mass is 10.2. The molecule has 0 bridgehead atoms. The number of benzene rings is 1. The van der Waals surface area contributed by atoms with Crippen LogP contribution in [0.1, 0.15) is 21.9 Å². The number of rotatable bonds is 7. The number of aromatic nitrogens is 4. The van der Waals surface area contributed by atoms with Gasteiger partial charge in [-0.1, -0.05) is 17.8 Å². The zero-order valence-electron chi connectivity index (χ0n) is 17.6. The summed E-state index contributed by atoms with van der Waals surface area (Å²) < 4.78 is 7.29. The van der Waals surface area contributed by atoms with Gasteiger partial charge in [0.25, 0.3) is 5.91 Å². The smallest absolute Gasteiger partial charge is 0.257 e. The molecule has 11 heteroatoms. The van der Waals surface area contributed by atoms with E-state index in [1.807, 2.05) is 32.3 Å². The van der Waals surface area contributed by atoms with Gasteiger partial charge >= 0.3 is 0 Å². The number of nitrogens with zero attached hydrogens (tertiary/aromatic N) is 4. The fourth-order valence-electron chi connectivity index (χ4n) is 2.98. The van der Waals surface area contributed by atoms with Crippen molar-refractivity contribution < 1.29 is 14.0 Å². The van der Waals surface area contributed by atoms with E-state index in [1.54, 1.807) is 35.2 Å². The second-order valence-electron chi connectivity index (χ2n) is 6.96. The van der Waals surface area contributed by atoms with E-state index < -0.39 is 0 Å². The summed E-state index contributed by atoms with van der Waals surface area (Å²) in [6.45, 7) is 3.76. The highest BCUT2D eigenvalue weighted by molar-refractivity contribution is 7.99. The molecule has 1 aromatic carbocycles. The molecule has 3 heterocycles. The number of carbonyl (C=O) groups is 2. The minimum atomic E-state index is -0.310. The zero-order chi connectivity index (χ0) is 22.7. The van der Waals surface area contributed by atoms with E-state index in [-0.39, 0.29) is 17.6 Å². The molecule has 0 radical (unpaired) electrons. The molecule has 0 aliphatic heterocycles. The summed E-state index contributed by atoms with van der Waals surface area (Å²) in [5.41, 5.74) is 2.60. The third-order valence-electron chi connectivity index (χ3n) is 4.45. The standard InChI is InChI=1S/C21H20N6O3S2/c1-12-7-16(13(2)30-12)17-9-31-20(24-17)25-19(29)14-5-4-6-15(8-14)23-18(28)10-32-21-26-22-11-27(21)3/h4-9,11H,10H2,1-3H3,(H,23,28)(H,24,25,29). The van der Waals surface area contributed by atoms with Crippen LogP contribution >= 0.6 is 23.1 Å². The Morgan fingerprint density at radius 2 is 2.06 bits per heavy atom. The molecule has 164 valence electrons. The van der Waals surface area contributed by atoms with E-state index in [0.717, 1.165) is 22.8 Å². The van der Waals surface area contributed by atoms with Crippen molar-refractivity contribution in [1.82, 2.24) is 19.7 Å². The highest BCUT2D eigenvalue weighted by Gasteiger charge is 2.14. The van der Waals surface area contributed by atoms with E-state index in [9.17, 15) is 9.59 Å². The van der Waals surface area contributed by atoms with Crippen LogP contribution in [0.2, 0.25) is 0 Å². The van der Waals surface area contributed by atoms with E-state index in [0.29, 0.717) is 21.5 Å². The molecule has 0 aliphatic carbocycles. The molecule has 0 saturated carbocycles. The van der Waals surface area contributed by atoms with Gasteiger partial charge in [-0.05, 0) is 38.1 Å². The number of anilines is 2. The lowest BCUT2D eigenvalue weighted by Crippen LogP contribution is -2.16. The Morgan fingerprint density at radius 1 is 1.22 bits per heavy atom. The van der Waals surface area contributed by atoms with Crippen molar-refractivity contribution in [2.45, 2.75) is 19.0 Å². The van der Waals surface area contributed by atoms with Crippen LogP contribution in [0.15, 0.2) is 51.6 Å². The maximum atomic E-state index is 12.7. The Morgan fingerprint density at radius 3 is 2.78 bits per heavy atom. The van der Waals surface area contributed by atoms with E-state index in [1.165, 1.54) is 23.1 Å². The summed E-state index contributed by atoms with van der Waals surface area (Å²) >= 11 is 2.62. The highest BCUT2D eigenvalue weighted by Crippen LogP contribution is 2.29. The number of hydrogen-bond donors (Lipinski definition) is 2. The molecule has 32 heavy (non-hydrogen) atoms. The summed E-state index contributed by atoms with van der Waals surface area (Å²) in [5, 5.41) is 16.3. The second kappa shape index (κ2) is 9.37. The number of hydrogen-bond acceptors (Lipinski definition) is 8. The topological polar surface area (TPSA) is 115 Å². The Labute approximate surface area is 192 Å². The molecule has 0 saturated heterocycles. The number of thioether (sulfide) groups is 1. The van der Waals surface area contributed by atoms with Crippen molar-refractivity contribution in [2.24, 2.45) is 7.05 Å². The van der Waals surface area contributed by atoms with Gasteiger partial charge in [0.2, 0.25) is 5.91 Å². The van der Waals surface area contributed by atoms with Crippen molar-refractivity contribution in [1.29, 1.82) is 0 Å². The van der Waals surface area contributed by atoms with Crippen molar-refractivity contribution in [2.75, 3.05) is 16.4 Å². The van der Waals surface area contributed by atoms with Crippen LogP contribution in [0, 0.1) is 13.8 Å². The number of amides is 2. The van der Waals surface area contributed by atoms with Crippen LogP contribution in [-0.4, -0.2) is 37.3 Å². The summed E-state index contributed by atoms with van der Waals surface area (Å²) in [7, 11) is 1.81. The molecule has 0 unspecified atom stereocenters. The molecule has 0 atom stereocenters. The van der Waals surface area contributed by atoms with Crippen molar-refractivity contribution in [3.05, 3.63) is 59.1 Å². The quantitative estimate of drug-likeness (QED) is 0.392. The first kappa shape index (κ1) is 21.8. The fraction of sp³-hybridized carbons (Fsp3) is 0.190. The van der Waals surface area contributed by atoms with Crippen molar-refractivity contribution >= 4 is 45.7 Å². The maximum Gasteiger partial charge on any atom is 0.257 e. The largest absolute Gasteiger partial charge is 0.466 e. The monoisotopic (exact) mass is 468 g/mol. The predicted molar refractivity (Wildman–Crippen MR) is 124 cm³/mol. The fourth-order valence-corrected chi connectivity index (χ4v) is 4.37. The van der Waals surface area contributed by atoms with Gasteiger partial charge in [-0.15, -0.1) is 21.5 Å². The number of furan rings is 1. The summed E-state index contributed by atoms with van der Waals surface area (Å²) in [6, 6.07) is 8.67. The van der Waals surface area contributed by atoms with Crippen LogP contribution in [0.3, 0.4) is 0 Å². The van der Waals surface area contributed by atoms with Gasteiger partial charge < -0.3 is 14.3 Å². The number of carbonyl (C=O) groups excluding carboxylic acids is 2. The lowest BCUT2D eigenvalue weighted by Gasteiger charge is -2.07. The average molecular weight is 469 g/mol.